The van der Waals surface area contributed by atoms with Gasteiger partial charge >= 0.3 is 0 Å². The van der Waals surface area contributed by atoms with E-state index in [-0.39, 0.29) is 0 Å². The Morgan fingerprint density at radius 2 is 1.10 bits per heavy atom. The summed E-state index contributed by atoms with van der Waals surface area (Å²) in [5.41, 5.74) is 9.73. The van der Waals surface area contributed by atoms with Crippen LogP contribution in [0.1, 0.15) is 0 Å². The highest BCUT2D eigenvalue weighted by atomic mass is 35.5. The number of benzene rings is 3. The van der Waals surface area contributed by atoms with Gasteiger partial charge in [0.05, 0.1) is 0 Å². The Hall–Kier alpha value is -2.45. The van der Waals surface area contributed by atoms with Gasteiger partial charge in [0, 0.05) is 27.8 Å². The SMILES string of the molecule is Nc1ccc(N(c2ccccc2)c2ccc(Cl)cc2)cc1. The second-order valence-corrected chi connectivity index (χ2v) is 5.18. The quantitative estimate of drug-likeness (QED) is 0.656. The number of hydrogen-bond acceptors (Lipinski definition) is 2. The number of rotatable bonds is 3. The molecule has 104 valence electrons. The maximum atomic E-state index is 5.99. The molecule has 0 saturated carbocycles. The molecule has 3 aromatic carbocycles. The minimum Gasteiger partial charge on any atom is -0.399 e. The number of hydrogen-bond donors (Lipinski definition) is 1. The van der Waals surface area contributed by atoms with E-state index in [9.17, 15) is 0 Å². The van der Waals surface area contributed by atoms with Crippen LogP contribution in [0.5, 0.6) is 0 Å². The molecule has 0 aliphatic heterocycles. The number of para-hydroxylation sites is 1. The lowest BCUT2D eigenvalue weighted by molar-refractivity contribution is 1.28. The van der Waals surface area contributed by atoms with Crippen LogP contribution in [0.3, 0.4) is 0 Å². The average Bonchev–Trinajstić information content (AvgIpc) is 2.52. The van der Waals surface area contributed by atoms with Gasteiger partial charge in [0.25, 0.3) is 0 Å². The van der Waals surface area contributed by atoms with Gasteiger partial charge in [-0.15, -0.1) is 0 Å². The lowest BCUT2D eigenvalue weighted by Crippen LogP contribution is -2.09. The molecule has 3 rings (SSSR count). The first-order chi connectivity index (χ1) is 10.2. The summed E-state index contributed by atoms with van der Waals surface area (Å²) in [5.74, 6) is 0. The van der Waals surface area contributed by atoms with Crippen molar-refractivity contribution in [1.82, 2.24) is 0 Å². The number of anilines is 4. The van der Waals surface area contributed by atoms with Crippen LogP contribution in [0.25, 0.3) is 0 Å². The van der Waals surface area contributed by atoms with Crippen LogP contribution in [0, 0.1) is 0 Å². The predicted octanol–water partition coefficient (Wildman–Crippen LogP) is 5.39. The molecule has 2 N–H and O–H groups in total. The molecular formula is C18H15ClN2. The first-order valence-electron chi connectivity index (χ1n) is 6.70. The van der Waals surface area contributed by atoms with E-state index in [1.165, 1.54) is 0 Å². The molecular weight excluding hydrogens is 280 g/mol. The van der Waals surface area contributed by atoms with Crippen LogP contribution in [0.15, 0.2) is 78.9 Å². The predicted molar refractivity (Wildman–Crippen MR) is 90.5 cm³/mol. The standard InChI is InChI=1S/C18H15ClN2/c19-14-6-10-17(11-7-14)21(16-4-2-1-3-5-16)18-12-8-15(20)9-13-18/h1-13H,20H2. The second-order valence-electron chi connectivity index (χ2n) is 4.74. The van der Waals surface area contributed by atoms with Crippen LogP contribution in [-0.2, 0) is 0 Å². The average molecular weight is 295 g/mol. The Morgan fingerprint density at radius 3 is 1.67 bits per heavy atom. The highest BCUT2D eigenvalue weighted by Gasteiger charge is 2.11. The zero-order valence-corrected chi connectivity index (χ0v) is 12.2. The summed E-state index contributed by atoms with van der Waals surface area (Å²) >= 11 is 5.99. The molecule has 0 fully saturated rings. The lowest BCUT2D eigenvalue weighted by atomic mass is 10.2. The summed E-state index contributed by atoms with van der Waals surface area (Å²) in [4.78, 5) is 2.16. The molecule has 0 bridgehead atoms. The van der Waals surface area contributed by atoms with E-state index in [4.69, 9.17) is 17.3 Å². The molecule has 0 heterocycles. The molecule has 2 nitrogen and oxygen atoms in total. The molecule has 0 aromatic heterocycles. The van der Waals surface area contributed by atoms with Crippen molar-refractivity contribution in [3.05, 3.63) is 83.9 Å². The fraction of sp³-hybridized carbons (Fsp3) is 0. The molecule has 21 heavy (non-hydrogen) atoms. The topological polar surface area (TPSA) is 29.3 Å². The van der Waals surface area contributed by atoms with E-state index in [1.807, 2.05) is 66.7 Å². The van der Waals surface area contributed by atoms with Crippen molar-refractivity contribution >= 4 is 34.4 Å². The van der Waals surface area contributed by atoms with Crippen molar-refractivity contribution in [3.63, 3.8) is 0 Å². The minimum atomic E-state index is 0.726. The van der Waals surface area contributed by atoms with Crippen molar-refractivity contribution in [3.8, 4) is 0 Å². The normalized spacial score (nSPS) is 10.3. The third-order valence-corrected chi connectivity index (χ3v) is 3.50. The van der Waals surface area contributed by atoms with E-state index in [2.05, 4.69) is 17.0 Å². The fourth-order valence-corrected chi connectivity index (χ4v) is 2.36. The monoisotopic (exact) mass is 294 g/mol. The Balaban J connectivity index is 2.11. The molecule has 0 atom stereocenters. The van der Waals surface area contributed by atoms with Gasteiger partial charge in [-0.3, -0.25) is 0 Å². The molecule has 0 aliphatic rings. The molecule has 0 spiro atoms. The van der Waals surface area contributed by atoms with Crippen molar-refractivity contribution in [2.24, 2.45) is 0 Å². The summed E-state index contributed by atoms with van der Waals surface area (Å²) in [6.07, 6.45) is 0. The van der Waals surface area contributed by atoms with Gasteiger partial charge in [-0.25, -0.2) is 0 Å². The molecule has 0 unspecified atom stereocenters. The number of nitrogen functional groups attached to an aromatic ring is 1. The van der Waals surface area contributed by atoms with E-state index in [1.54, 1.807) is 0 Å². The summed E-state index contributed by atoms with van der Waals surface area (Å²) < 4.78 is 0. The van der Waals surface area contributed by atoms with Crippen LogP contribution in [-0.4, -0.2) is 0 Å². The maximum Gasteiger partial charge on any atom is 0.0463 e. The molecule has 0 amide bonds. The van der Waals surface area contributed by atoms with Gasteiger partial charge in [0.15, 0.2) is 0 Å². The summed E-state index contributed by atoms with van der Waals surface area (Å²) in [5, 5.41) is 0.726. The molecule has 3 heteroatoms. The maximum absolute atomic E-state index is 5.99. The highest BCUT2D eigenvalue weighted by Crippen LogP contribution is 2.34. The molecule has 0 aliphatic carbocycles. The van der Waals surface area contributed by atoms with E-state index in [0.29, 0.717) is 0 Å². The fourth-order valence-electron chi connectivity index (χ4n) is 2.24. The third kappa shape index (κ3) is 3.01. The number of nitrogens with two attached hydrogens (primary N) is 1. The van der Waals surface area contributed by atoms with Crippen molar-refractivity contribution < 1.29 is 0 Å². The van der Waals surface area contributed by atoms with Crippen molar-refractivity contribution in [1.29, 1.82) is 0 Å². The van der Waals surface area contributed by atoms with Crippen LogP contribution >= 0.6 is 11.6 Å². The minimum absolute atomic E-state index is 0.726. The second kappa shape index (κ2) is 5.90. The lowest BCUT2D eigenvalue weighted by Gasteiger charge is -2.25. The van der Waals surface area contributed by atoms with E-state index < -0.39 is 0 Å². The first kappa shape index (κ1) is 13.5. The summed E-state index contributed by atoms with van der Waals surface area (Å²) in [6.45, 7) is 0. The van der Waals surface area contributed by atoms with Gasteiger partial charge in [0.1, 0.15) is 0 Å². The van der Waals surface area contributed by atoms with Crippen LogP contribution in [0.2, 0.25) is 5.02 Å². The highest BCUT2D eigenvalue weighted by molar-refractivity contribution is 6.30. The third-order valence-electron chi connectivity index (χ3n) is 3.25. The van der Waals surface area contributed by atoms with Crippen LogP contribution < -0.4 is 10.6 Å². The van der Waals surface area contributed by atoms with Crippen molar-refractivity contribution in [2.75, 3.05) is 10.6 Å². The van der Waals surface area contributed by atoms with Gasteiger partial charge in [-0.1, -0.05) is 29.8 Å². The van der Waals surface area contributed by atoms with Gasteiger partial charge in [-0.2, -0.15) is 0 Å². The van der Waals surface area contributed by atoms with E-state index in [0.717, 1.165) is 27.8 Å². The summed E-state index contributed by atoms with van der Waals surface area (Å²) in [7, 11) is 0. The first-order valence-corrected chi connectivity index (χ1v) is 7.08. The molecule has 0 radical (unpaired) electrons. The largest absolute Gasteiger partial charge is 0.399 e. The van der Waals surface area contributed by atoms with Gasteiger partial charge in [-0.05, 0) is 60.7 Å². The Labute approximate surface area is 129 Å². The smallest absolute Gasteiger partial charge is 0.0463 e. The van der Waals surface area contributed by atoms with Crippen molar-refractivity contribution in [2.45, 2.75) is 0 Å². The Bertz CT molecular complexity index is 661. The van der Waals surface area contributed by atoms with E-state index >= 15 is 0 Å². The zero-order chi connectivity index (χ0) is 14.7. The zero-order valence-electron chi connectivity index (χ0n) is 11.4. The van der Waals surface area contributed by atoms with Crippen LogP contribution in [0.4, 0.5) is 22.7 Å². The Kier molecular flexibility index (Phi) is 3.80. The molecule has 0 saturated heterocycles. The Morgan fingerprint density at radius 1 is 0.619 bits per heavy atom. The van der Waals surface area contributed by atoms with Gasteiger partial charge < -0.3 is 10.6 Å². The number of halogens is 1. The van der Waals surface area contributed by atoms with Gasteiger partial charge in [0.2, 0.25) is 0 Å². The summed E-state index contributed by atoms with van der Waals surface area (Å²) in [6, 6.07) is 25.8. The molecule has 3 aromatic rings. The number of nitrogens with zero attached hydrogens (tertiary/aromatic N) is 1.